The number of hydrogen-bond donors (Lipinski definition) is 2. The Morgan fingerprint density at radius 3 is 2.53 bits per heavy atom. The molecule has 5 rings (SSSR count). The first-order valence-corrected chi connectivity index (χ1v) is 14.3. The maximum absolute atomic E-state index is 12.4. The van der Waals surface area contributed by atoms with Crippen molar-refractivity contribution < 1.29 is 19.2 Å². The van der Waals surface area contributed by atoms with Crippen LogP contribution in [-0.2, 0) is 0 Å². The lowest BCUT2D eigenvalue weighted by atomic mass is 9.75. The molecule has 1 amide bonds. The van der Waals surface area contributed by atoms with Crippen LogP contribution in [0, 0.1) is 18.8 Å². The van der Waals surface area contributed by atoms with Crippen molar-refractivity contribution in [1.82, 2.24) is 10.1 Å². The van der Waals surface area contributed by atoms with Gasteiger partial charge in [-0.1, -0.05) is 44.0 Å². The van der Waals surface area contributed by atoms with Crippen molar-refractivity contribution in [2.45, 2.75) is 52.9 Å². The number of anilines is 1. The number of amides is 1. The van der Waals surface area contributed by atoms with Crippen molar-refractivity contribution in [3.8, 4) is 10.4 Å². The lowest BCUT2D eigenvalue weighted by Gasteiger charge is -2.36. The van der Waals surface area contributed by atoms with Crippen molar-refractivity contribution in [2.24, 2.45) is 11.8 Å². The Morgan fingerprint density at radius 2 is 1.89 bits per heavy atom. The molecule has 0 unspecified atom stereocenters. The average molecular weight is 534 g/mol. The lowest BCUT2D eigenvalue weighted by molar-refractivity contribution is 0.0701. The molecule has 7 nitrogen and oxygen atoms in total. The number of benzene rings is 1. The molecule has 1 aromatic carbocycles. The number of aromatic carboxylic acids is 1. The number of carbonyl (C=O) groups is 2. The summed E-state index contributed by atoms with van der Waals surface area (Å²) in [5.74, 6) is 0.680. The zero-order chi connectivity index (χ0) is 26.8. The molecule has 0 radical (unpaired) electrons. The predicted molar refractivity (Wildman–Crippen MR) is 151 cm³/mol. The molecule has 2 N–H and O–H groups in total. The molecule has 38 heavy (non-hydrogen) atoms. The number of carbonyl (C=O) groups excluding carboxylic acids is 1. The second-order valence-electron chi connectivity index (χ2n) is 10.6. The number of rotatable bonds is 7. The molecule has 0 bridgehead atoms. The molecule has 0 saturated heterocycles. The summed E-state index contributed by atoms with van der Waals surface area (Å²) in [5, 5.41) is 16.7. The predicted octanol–water partition coefficient (Wildman–Crippen LogP) is 6.97. The topological polar surface area (TPSA) is 95.7 Å². The zero-order valence-electron chi connectivity index (χ0n) is 22.3. The first kappa shape index (κ1) is 26.4. The molecular formula is C30H35N3O4S. The van der Waals surface area contributed by atoms with Crippen molar-refractivity contribution >= 4 is 34.5 Å². The summed E-state index contributed by atoms with van der Waals surface area (Å²) in [5.41, 5.74) is 5.39. The standard InChI is InChI=1S/C30H35N3O4S/c1-4-33-14-13-23(25(17-33)20-7-5-18(2)6-8-20)24-16-27(38-28(24)30(35)36)21-9-11-22(12-10-21)31-29(34)26-15-19(3)37-32-26/h9-12,15-16,18,20H,4-8,13-14,17H2,1-3H3,(H,31,34)(H,35,36). The first-order valence-electron chi connectivity index (χ1n) is 13.5. The van der Waals surface area contributed by atoms with E-state index >= 15 is 0 Å². The third kappa shape index (κ3) is 5.61. The van der Waals surface area contributed by atoms with Crippen LogP contribution in [-0.4, -0.2) is 46.7 Å². The van der Waals surface area contributed by atoms with E-state index in [4.69, 9.17) is 4.52 Å². The summed E-state index contributed by atoms with van der Waals surface area (Å²) >= 11 is 1.33. The Kier molecular flexibility index (Phi) is 7.81. The van der Waals surface area contributed by atoms with Gasteiger partial charge in [0.25, 0.3) is 5.91 Å². The molecule has 1 fully saturated rings. The second-order valence-corrected chi connectivity index (χ2v) is 11.6. The van der Waals surface area contributed by atoms with Crippen molar-refractivity contribution in [1.29, 1.82) is 0 Å². The summed E-state index contributed by atoms with van der Waals surface area (Å²) in [7, 11) is 0. The van der Waals surface area contributed by atoms with Gasteiger partial charge in [-0.25, -0.2) is 4.79 Å². The van der Waals surface area contributed by atoms with Crippen molar-refractivity contribution in [3.05, 3.63) is 63.9 Å². The fourth-order valence-corrected chi connectivity index (χ4v) is 6.74. The minimum Gasteiger partial charge on any atom is -0.477 e. The van der Waals surface area contributed by atoms with Gasteiger partial charge in [0, 0.05) is 35.3 Å². The van der Waals surface area contributed by atoms with E-state index in [1.54, 1.807) is 13.0 Å². The molecule has 1 aliphatic heterocycles. The first-order chi connectivity index (χ1) is 18.3. The highest BCUT2D eigenvalue weighted by molar-refractivity contribution is 7.17. The summed E-state index contributed by atoms with van der Waals surface area (Å²) in [6.07, 6.45) is 5.76. The van der Waals surface area contributed by atoms with Crippen LogP contribution in [0.3, 0.4) is 0 Å². The average Bonchev–Trinajstić information content (AvgIpc) is 3.56. The SMILES string of the molecule is CCN1CCC(c2cc(-c3ccc(NC(=O)c4cc(C)on4)cc3)sc2C(=O)O)=C(C2CCC(C)CC2)C1. The Hall–Kier alpha value is -3.23. The Bertz CT molecular complexity index is 1350. The molecule has 3 heterocycles. The minimum absolute atomic E-state index is 0.228. The molecule has 2 aliphatic rings. The summed E-state index contributed by atoms with van der Waals surface area (Å²) in [6, 6.07) is 11.2. The number of thiophene rings is 1. The van der Waals surface area contributed by atoms with Gasteiger partial charge in [-0.2, -0.15) is 0 Å². The van der Waals surface area contributed by atoms with Crippen LogP contribution in [0.5, 0.6) is 0 Å². The number of aryl methyl sites for hydroxylation is 1. The van der Waals surface area contributed by atoms with Crippen LogP contribution in [0.25, 0.3) is 16.0 Å². The molecule has 3 aromatic rings. The van der Waals surface area contributed by atoms with E-state index in [1.165, 1.54) is 48.2 Å². The van der Waals surface area contributed by atoms with Gasteiger partial charge >= 0.3 is 5.97 Å². The van der Waals surface area contributed by atoms with Gasteiger partial charge in [0.2, 0.25) is 0 Å². The van der Waals surface area contributed by atoms with E-state index in [9.17, 15) is 14.7 Å². The van der Waals surface area contributed by atoms with Crippen LogP contribution >= 0.6 is 11.3 Å². The van der Waals surface area contributed by atoms with E-state index in [2.05, 4.69) is 35.3 Å². The molecule has 8 heteroatoms. The largest absolute Gasteiger partial charge is 0.477 e. The van der Waals surface area contributed by atoms with Gasteiger partial charge in [-0.15, -0.1) is 11.3 Å². The lowest BCUT2D eigenvalue weighted by Crippen LogP contribution is -2.34. The summed E-state index contributed by atoms with van der Waals surface area (Å²) in [6.45, 7) is 9.19. The molecule has 0 spiro atoms. The molecule has 1 aliphatic carbocycles. The Morgan fingerprint density at radius 1 is 1.16 bits per heavy atom. The number of carboxylic acid groups (broad SMARTS) is 1. The van der Waals surface area contributed by atoms with E-state index in [-0.39, 0.29) is 11.6 Å². The number of nitrogens with one attached hydrogen (secondary N) is 1. The molecule has 2 aromatic heterocycles. The maximum atomic E-state index is 12.4. The van der Waals surface area contributed by atoms with Gasteiger partial charge in [0.05, 0.1) is 0 Å². The molecule has 1 saturated carbocycles. The molecule has 200 valence electrons. The van der Waals surface area contributed by atoms with Gasteiger partial charge in [-0.05, 0) is 79.5 Å². The smallest absolute Gasteiger partial charge is 0.346 e. The van der Waals surface area contributed by atoms with Crippen molar-refractivity contribution in [2.75, 3.05) is 25.0 Å². The normalized spacial score (nSPS) is 20.5. The second kappa shape index (κ2) is 11.3. The van der Waals surface area contributed by atoms with Crippen molar-refractivity contribution in [3.63, 3.8) is 0 Å². The van der Waals surface area contributed by atoms with Crippen LogP contribution in [0.15, 0.2) is 46.5 Å². The fraction of sp³-hybridized carbons (Fsp3) is 0.433. The Balaban J connectivity index is 1.44. The van der Waals surface area contributed by atoms with Gasteiger partial charge < -0.3 is 14.9 Å². The highest BCUT2D eigenvalue weighted by Crippen LogP contribution is 2.43. The molecular weight excluding hydrogens is 498 g/mol. The van der Waals surface area contributed by atoms with Gasteiger partial charge in [0.15, 0.2) is 5.69 Å². The van der Waals surface area contributed by atoms with Gasteiger partial charge in [-0.3, -0.25) is 9.69 Å². The quantitative estimate of drug-likeness (QED) is 0.341. The van der Waals surface area contributed by atoms with Crippen LogP contribution in [0.4, 0.5) is 5.69 Å². The van der Waals surface area contributed by atoms with E-state index in [0.29, 0.717) is 22.2 Å². The third-order valence-corrected chi connectivity index (χ3v) is 9.13. The number of aromatic nitrogens is 1. The number of hydrogen-bond acceptors (Lipinski definition) is 6. The number of nitrogens with zero attached hydrogens (tertiary/aromatic N) is 2. The highest BCUT2D eigenvalue weighted by atomic mass is 32.1. The summed E-state index contributed by atoms with van der Waals surface area (Å²) < 4.78 is 4.98. The van der Waals surface area contributed by atoms with E-state index in [0.717, 1.165) is 48.0 Å². The van der Waals surface area contributed by atoms with E-state index in [1.807, 2.05) is 24.3 Å². The van der Waals surface area contributed by atoms with Crippen LogP contribution in [0.1, 0.15) is 77.4 Å². The maximum Gasteiger partial charge on any atom is 0.346 e. The fourth-order valence-electron chi connectivity index (χ4n) is 5.71. The van der Waals surface area contributed by atoms with Gasteiger partial charge in [0.1, 0.15) is 10.6 Å². The zero-order valence-corrected chi connectivity index (χ0v) is 23.1. The third-order valence-electron chi connectivity index (χ3n) is 7.95. The molecule has 0 atom stereocenters. The Labute approximate surface area is 227 Å². The number of carboxylic acids is 1. The van der Waals surface area contributed by atoms with Crippen LogP contribution in [0.2, 0.25) is 0 Å². The minimum atomic E-state index is -0.870. The summed E-state index contributed by atoms with van der Waals surface area (Å²) in [4.78, 5) is 28.6. The number of likely N-dealkylation sites (N-methyl/N-ethyl adjacent to an activating group) is 1. The monoisotopic (exact) mass is 533 g/mol. The van der Waals surface area contributed by atoms with E-state index < -0.39 is 5.97 Å². The highest BCUT2D eigenvalue weighted by Gasteiger charge is 2.30. The van der Waals surface area contributed by atoms with Crippen LogP contribution < -0.4 is 5.32 Å².